The monoisotopic (exact) mass is 597 g/mol. The molecule has 0 radical (unpaired) electrons. The number of hydrogen-bond acceptors (Lipinski definition) is 5. The van der Waals surface area contributed by atoms with Gasteiger partial charge in [0, 0.05) is 42.3 Å². The molecule has 0 aromatic heterocycles. The van der Waals surface area contributed by atoms with Crippen LogP contribution in [0.25, 0.3) is 0 Å². The lowest BCUT2D eigenvalue weighted by Crippen LogP contribution is -2.41. The van der Waals surface area contributed by atoms with Crippen LogP contribution in [0.4, 0.5) is 5.69 Å². The van der Waals surface area contributed by atoms with Crippen molar-refractivity contribution < 1.29 is 21.6 Å². The Hall–Kier alpha value is -1.79. The minimum Gasteiger partial charge on any atom is -0.326 e. The molecule has 2 aliphatic heterocycles. The molecular weight excluding hydrogens is 566 g/mol. The van der Waals surface area contributed by atoms with Crippen LogP contribution in [0.15, 0.2) is 57.9 Å². The van der Waals surface area contributed by atoms with E-state index in [9.17, 15) is 21.6 Å². The molecule has 0 atom stereocenters. The van der Waals surface area contributed by atoms with E-state index < -0.39 is 20.0 Å². The standard InChI is InChI=1S/C25H32BrN3O5S2/c26-22-7-5-20(6-8-22)19-35(31,32)28-17-13-21(14-18-28)25(30)27-23-9-11-24(12-10-23)36(33,34)29-15-3-1-2-4-16-29/h5-12,21H,1-4,13-19H2,(H,27,30). The van der Waals surface area contributed by atoms with Crippen LogP contribution < -0.4 is 5.32 Å². The Morgan fingerprint density at radius 3 is 1.97 bits per heavy atom. The fourth-order valence-electron chi connectivity index (χ4n) is 4.66. The number of sulfonamides is 2. The third-order valence-corrected chi connectivity index (χ3v) is 11.1. The molecule has 2 aromatic rings. The van der Waals surface area contributed by atoms with E-state index in [1.54, 1.807) is 28.6 Å². The molecule has 2 fully saturated rings. The van der Waals surface area contributed by atoms with Crippen LogP contribution in [0.1, 0.15) is 44.1 Å². The minimum absolute atomic E-state index is 0.0656. The van der Waals surface area contributed by atoms with Gasteiger partial charge in [-0.2, -0.15) is 4.31 Å². The van der Waals surface area contributed by atoms with Crippen LogP contribution in [0.5, 0.6) is 0 Å². The number of carbonyl (C=O) groups is 1. The molecule has 0 saturated carbocycles. The van der Waals surface area contributed by atoms with Crippen LogP contribution >= 0.6 is 15.9 Å². The number of carbonyl (C=O) groups excluding carboxylic acids is 1. The van der Waals surface area contributed by atoms with Gasteiger partial charge in [-0.3, -0.25) is 4.79 Å². The molecule has 0 unspecified atom stereocenters. The molecule has 36 heavy (non-hydrogen) atoms. The third-order valence-electron chi connectivity index (χ3n) is 6.81. The Morgan fingerprint density at radius 2 is 1.39 bits per heavy atom. The normalized spacial score (nSPS) is 19.0. The maximum Gasteiger partial charge on any atom is 0.243 e. The summed E-state index contributed by atoms with van der Waals surface area (Å²) in [4.78, 5) is 13.0. The van der Waals surface area contributed by atoms with Crippen LogP contribution in [0, 0.1) is 5.92 Å². The maximum atomic E-state index is 12.9. The van der Waals surface area contributed by atoms with Gasteiger partial charge < -0.3 is 5.32 Å². The molecule has 11 heteroatoms. The van der Waals surface area contributed by atoms with E-state index in [0.717, 1.165) is 35.7 Å². The molecule has 196 valence electrons. The zero-order chi connectivity index (χ0) is 25.8. The van der Waals surface area contributed by atoms with E-state index in [2.05, 4.69) is 21.2 Å². The number of benzene rings is 2. The summed E-state index contributed by atoms with van der Waals surface area (Å²) >= 11 is 3.35. The van der Waals surface area contributed by atoms with Gasteiger partial charge in [0.2, 0.25) is 26.0 Å². The number of halogens is 1. The van der Waals surface area contributed by atoms with Crippen molar-refractivity contribution >= 4 is 47.6 Å². The Kier molecular flexibility index (Phi) is 8.87. The van der Waals surface area contributed by atoms with Crippen molar-refractivity contribution in [2.45, 2.75) is 49.2 Å². The van der Waals surface area contributed by atoms with Crippen molar-refractivity contribution in [2.75, 3.05) is 31.5 Å². The average molecular weight is 599 g/mol. The quantitative estimate of drug-likeness (QED) is 0.515. The topological polar surface area (TPSA) is 104 Å². The number of nitrogens with one attached hydrogen (secondary N) is 1. The Labute approximate surface area is 222 Å². The van der Waals surface area contributed by atoms with Crippen molar-refractivity contribution in [2.24, 2.45) is 5.92 Å². The van der Waals surface area contributed by atoms with Crippen molar-refractivity contribution in [3.8, 4) is 0 Å². The lowest BCUT2D eigenvalue weighted by Gasteiger charge is -2.30. The number of piperidine rings is 1. The third kappa shape index (κ3) is 6.74. The molecule has 1 N–H and O–H groups in total. The number of anilines is 1. The Balaban J connectivity index is 1.30. The molecule has 1 amide bonds. The lowest BCUT2D eigenvalue weighted by molar-refractivity contribution is -0.120. The zero-order valence-electron chi connectivity index (χ0n) is 20.1. The smallest absolute Gasteiger partial charge is 0.243 e. The lowest BCUT2D eigenvalue weighted by atomic mass is 9.97. The predicted octanol–water partition coefficient (Wildman–Crippen LogP) is 4.19. The highest BCUT2D eigenvalue weighted by Gasteiger charge is 2.31. The molecule has 4 rings (SSSR count). The second kappa shape index (κ2) is 11.7. The van der Waals surface area contributed by atoms with E-state index in [0.29, 0.717) is 44.7 Å². The maximum absolute atomic E-state index is 12.9. The van der Waals surface area contributed by atoms with Gasteiger partial charge in [-0.1, -0.05) is 40.9 Å². The van der Waals surface area contributed by atoms with Gasteiger partial charge in [0.05, 0.1) is 10.6 Å². The first-order valence-corrected chi connectivity index (χ1v) is 16.1. The Bertz CT molecular complexity index is 1250. The molecule has 2 heterocycles. The van der Waals surface area contributed by atoms with Gasteiger partial charge in [0.25, 0.3) is 0 Å². The van der Waals surface area contributed by atoms with E-state index >= 15 is 0 Å². The van der Waals surface area contributed by atoms with Gasteiger partial charge in [0.1, 0.15) is 0 Å². The molecule has 2 saturated heterocycles. The molecule has 2 aliphatic rings. The van der Waals surface area contributed by atoms with Crippen LogP contribution in [0.2, 0.25) is 0 Å². The summed E-state index contributed by atoms with van der Waals surface area (Å²) < 4.78 is 55.4. The van der Waals surface area contributed by atoms with Gasteiger partial charge in [-0.25, -0.2) is 21.1 Å². The van der Waals surface area contributed by atoms with E-state index in [1.165, 1.54) is 16.4 Å². The van der Waals surface area contributed by atoms with Crippen LogP contribution in [-0.4, -0.2) is 57.5 Å². The molecule has 0 spiro atoms. The molecule has 8 nitrogen and oxygen atoms in total. The van der Waals surface area contributed by atoms with Crippen molar-refractivity contribution in [3.05, 3.63) is 58.6 Å². The summed E-state index contributed by atoms with van der Waals surface area (Å²) in [5.74, 6) is -0.545. The SMILES string of the molecule is O=C(Nc1ccc(S(=O)(=O)N2CCCCCC2)cc1)C1CCN(S(=O)(=O)Cc2ccc(Br)cc2)CC1. The van der Waals surface area contributed by atoms with Crippen molar-refractivity contribution in [1.82, 2.24) is 8.61 Å². The fraction of sp³-hybridized carbons (Fsp3) is 0.480. The summed E-state index contributed by atoms with van der Waals surface area (Å²) in [5, 5.41) is 2.86. The van der Waals surface area contributed by atoms with Crippen molar-refractivity contribution in [3.63, 3.8) is 0 Å². The van der Waals surface area contributed by atoms with Gasteiger partial charge >= 0.3 is 0 Å². The average Bonchev–Trinajstić information content (AvgIpc) is 3.16. The van der Waals surface area contributed by atoms with Gasteiger partial charge in [0.15, 0.2) is 0 Å². The summed E-state index contributed by atoms with van der Waals surface area (Å²) in [6, 6.07) is 13.5. The first kappa shape index (κ1) is 27.3. The zero-order valence-corrected chi connectivity index (χ0v) is 23.3. The fourth-order valence-corrected chi connectivity index (χ4v) is 8.01. The first-order valence-electron chi connectivity index (χ1n) is 12.3. The van der Waals surface area contributed by atoms with E-state index in [1.807, 2.05) is 12.1 Å². The number of rotatable bonds is 7. The van der Waals surface area contributed by atoms with Gasteiger partial charge in [-0.15, -0.1) is 0 Å². The number of nitrogens with zero attached hydrogens (tertiary/aromatic N) is 2. The van der Waals surface area contributed by atoms with Crippen molar-refractivity contribution in [1.29, 1.82) is 0 Å². The van der Waals surface area contributed by atoms with Crippen LogP contribution in [0.3, 0.4) is 0 Å². The predicted molar refractivity (Wildman–Crippen MR) is 143 cm³/mol. The highest BCUT2D eigenvalue weighted by molar-refractivity contribution is 9.10. The summed E-state index contributed by atoms with van der Waals surface area (Å²) in [6.45, 7) is 1.67. The largest absolute Gasteiger partial charge is 0.326 e. The second-order valence-electron chi connectivity index (χ2n) is 9.39. The van der Waals surface area contributed by atoms with E-state index in [4.69, 9.17) is 0 Å². The highest BCUT2D eigenvalue weighted by Crippen LogP contribution is 2.25. The minimum atomic E-state index is -3.54. The highest BCUT2D eigenvalue weighted by atomic mass is 79.9. The van der Waals surface area contributed by atoms with E-state index in [-0.39, 0.29) is 22.5 Å². The molecule has 0 aliphatic carbocycles. The summed E-state index contributed by atoms with van der Waals surface area (Å²) in [7, 11) is -7.00. The van der Waals surface area contributed by atoms with Gasteiger partial charge in [-0.05, 0) is 67.6 Å². The summed E-state index contributed by atoms with van der Waals surface area (Å²) in [5.41, 5.74) is 1.25. The first-order chi connectivity index (χ1) is 17.1. The second-order valence-corrected chi connectivity index (χ2v) is 14.2. The Morgan fingerprint density at radius 1 is 0.806 bits per heavy atom. The summed E-state index contributed by atoms with van der Waals surface area (Å²) in [6.07, 6.45) is 4.72. The number of hydrogen-bond donors (Lipinski definition) is 1. The molecular formula is C25H32BrN3O5S2. The number of amides is 1. The molecule has 2 aromatic carbocycles. The van der Waals surface area contributed by atoms with Crippen LogP contribution in [-0.2, 0) is 30.6 Å². The molecule has 0 bridgehead atoms.